The first-order valence-corrected chi connectivity index (χ1v) is 35.1. The zero-order chi connectivity index (χ0) is 67.8. The summed E-state index contributed by atoms with van der Waals surface area (Å²) >= 11 is 1.61. The number of carbonyl (C=O) groups is 6. The molecule has 10 N–H and O–H groups in total. The zero-order valence-electron chi connectivity index (χ0n) is 55.3. The molecule has 6 rings (SSSR count). The lowest BCUT2D eigenvalue weighted by atomic mass is 9.95. The van der Waals surface area contributed by atoms with Crippen LogP contribution in [0.1, 0.15) is 125 Å². The third-order valence-corrected chi connectivity index (χ3v) is 22.1. The van der Waals surface area contributed by atoms with Gasteiger partial charge in [-0.2, -0.15) is 4.98 Å². The standard InChI is InChI=1S/C69H97N9O13SSi/c1-44(2)36-53(56(80)39-59(82)71-34-21-20-33-70-58-32-35-78(67(87)76-58)61-43-92-62(91-61)42-90-93(69(8,9)10,51-24-16-12-17-25-51)52-26-18-13-19-27-52)73-64(84)47(7)72-60(83)40-57(81)54(37-45(3)4)74-66(86)63(46(5)6)77-65(85)55(38-48-28-30-50(79)31-29-48)75-68(88)89-41-49-22-14-11-15-23-49/h11-19,22-32,35,44-47,53-57,61-63,79-81H,20-21,33-34,36-43H2,1-10H3,(H,71,82)(H,72,83)(H,73,84)(H,74,86)(H,75,88)(H,77,85)(H,70,76,87)/t47-,53+,54+,55-,56+,57+,61?,62?,63-/m0/s1. The lowest BCUT2D eigenvalue weighted by Gasteiger charge is -2.43. The third-order valence-electron chi connectivity index (χ3n) is 16.0. The van der Waals surface area contributed by atoms with Crippen LogP contribution >= 0.6 is 11.8 Å². The number of aliphatic hydroxyl groups is 2. The highest BCUT2D eigenvalue weighted by Crippen LogP contribution is 2.39. The van der Waals surface area contributed by atoms with Crippen molar-refractivity contribution in [2.75, 3.05) is 30.8 Å². The molecule has 0 spiro atoms. The molecule has 2 heterocycles. The van der Waals surface area contributed by atoms with Gasteiger partial charge in [0.15, 0.2) is 0 Å². The normalized spacial score (nSPS) is 16.5. The van der Waals surface area contributed by atoms with Crippen LogP contribution in [0.25, 0.3) is 0 Å². The zero-order valence-corrected chi connectivity index (χ0v) is 57.1. The fourth-order valence-electron chi connectivity index (χ4n) is 11.2. The van der Waals surface area contributed by atoms with Crippen molar-refractivity contribution in [3.63, 3.8) is 0 Å². The molecule has 1 aromatic heterocycles. The Balaban J connectivity index is 0.925. The second kappa shape index (κ2) is 36.2. The number of phenols is 1. The molecule has 506 valence electrons. The fourth-order valence-corrected chi connectivity index (χ4v) is 16.8. The van der Waals surface area contributed by atoms with E-state index in [0.717, 1.165) is 5.56 Å². The Morgan fingerprint density at radius 3 is 1.80 bits per heavy atom. The minimum atomic E-state index is -2.78. The van der Waals surface area contributed by atoms with Gasteiger partial charge in [-0.05, 0) is 95.1 Å². The Morgan fingerprint density at radius 1 is 0.677 bits per heavy atom. The summed E-state index contributed by atoms with van der Waals surface area (Å²) in [6.07, 6.45) is -1.44. The number of phenolic OH excluding ortho intramolecular Hbond substituents is 1. The first-order valence-electron chi connectivity index (χ1n) is 32.2. The van der Waals surface area contributed by atoms with Gasteiger partial charge in [-0.3, -0.25) is 28.5 Å². The molecule has 2 unspecified atom stereocenters. The Bertz CT molecular complexity index is 3190. The number of aromatic hydroxyl groups is 1. The van der Waals surface area contributed by atoms with E-state index in [2.05, 4.69) is 112 Å². The van der Waals surface area contributed by atoms with Crippen molar-refractivity contribution >= 4 is 71.9 Å². The minimum Gasteiger partial charge on any atom is -0.508 e. The molecule has 1 saturated heterocycles. The lowest BCUT2D eigenvalue weighted by molar-refractivity contribution is -0.133. The van der Waals surface area contributed by atoms with Crippen LogP contribution < -0.4 is 53.3 Å². The van der Waals surface area contributed by atoms with Crippen LogP contribution in [0.2, 0.25) is 5.04 Å². The smallest absolute Gasteiger partial charge is 0.408 e. The average molecular weight is 1320 g/mol. The minimum absolute atomic E-state index is 0.00588. The number of nitrogens with one attached hydrogen (secondary N) is 7. The number of aliphatic hydroxyl groups excluding tert-OH is 2. The molecule has 4 aromatic carbocycles. The van der Waals surface area contributed by atoms with E-state index >= 15 is 0 Å². The van der Waals surface area contributed by atoms with Crippen molar-refractivity contribution in [1.29, 1.82) is 0 Å². The molecular weight excluding hydrogens is 1220 g/mol. The molecule has 1 aliphatic heterocycles. The van der Waals surface area contributed by atoms with Gasteiger partial charge in [-0.1, -0.05) is 165 Å². The van der Waals surface area contributed by atoms with Crippen molar-refractivity contribution in [2.45, 2.75) is 180 Å². The van der Waals surface area contributed by atoms with Crippen LogP contribution in [0, 0.1) is 17.8 Å². The van der Waals surface area contributed by atoms with Crippen LogP contribution in [0.5, 0.6) is 5.75 Å². The second-order valence-electron chi connectivity index (χ2n) is 26.0. The number of rotatable bonds is 35. The molecule has 24 heteroatoms. The Hall–Kier alpha value is -7.61. The Kier molecular flexibility index (Phi) is 28.9. The summed E-state index contributed by atoms with van der Waals surface area (Å²) in [5, 5.41) is 54.4. The monoisotopic (exact) mass is 1320 g/mol. The van der Waals surface area contributed by atoms with E-state index in [-0.39, 0.29) is 53.9 Å². The number of anilines is 1. The highest BCUT2D eigenvalue weighted by atomic mass is 32.2. The maximum Gasteiger partial charge on any atom is 0.408 e. The molecule has 93 heavy (non-hydrogen) atoms. The van der Waals surface area contributed by atoms with E-state index in [4.69, 9.17) is 13.9 Å². The predicted molar refractivity (Wildman–Crippen MR) is 363 cm³/mol. The molecule has 1 aliphatic rings. The molecule has 9 atom stereocenters. The van der Waals surface area contributed by atoms with Crippen molar-refractivity contribution in [2.24, 2.45) is 17.8 Å². The molecule has 0 aliphatic carbocycles. The van der Waals surface area contributed by atoms with Crippen LogP contribution in [-0.4, -0.2) is 142 Å². The largest absolute Gasteiger partial charge is 0.508 e. The highest BCUT2D eigenvalue weighted by Gasteiger charge is 2.51. The summed E-state index contributed by atoms with van der Waals surface area (Å²) in [4.78, 5) is 98.7. The molecule has 22 nitrogen and oxygen atoms in total. The number of unbranched alkanes of at least 4 members (excludes halogenated alkanes) is 1. The number of amides is 6. The molecule has 1 fully saturated rings. The van der Waals surface area contributed by atoms with Gasteiger partial charge < -0.3 is 66.4 Å². The number of nitrogens with zero attached hydrogens (tertiary/aromatic N) is 2. The third kappa shape index (κ3) is 23.1. The highest BCUT2D eigenvalue weighted by molar-refractivity contribution is 8.00. The molecule has 0 radical (unpaired) electrons. The molecular formula is C69H97N9O13SSi. The molecule has 0 bridgehead atoms. The number of ether oxygens (including phenoxy) is 2. The maximum absolute atomic E-state index is 14.1. The van der Waals surface area contributed by atoms with Crippen molar-refractivity contribution in [1.82, 2.24) is 41.5 Å². The number of hydrogen-bond donors (Lipinski definition) is 10. The quantitative estimate of drug-likeness (QED) is 0.0160. The summed E-state index contributed by atoms with van der Waals surface area (Å²) in [5.74, 6) is -2.63. The number of aromatic nitrogens is 2. The summed E-state index contributed by atoms with van der Waals surface area (Å²) in [5.41, 5.74) is 0.596. The van der Waals surface area contributed by atoms with Crippen molar-refractivity contribution in [3.05, 3.63) is 149 Å². The maximum atomic E-state index is 14.1. The predicted octanol–water partition coefficient (Wildman–Crippen LogP) is 6.17. The summed E-state index contributed by atoms with van der Waals surface area (Å²) < 4.78 is 20.4. The van der Waals surface area contributed by atoms with E-state index in [0.29, 0.717) is 56.1 Å². The first-order chi connectivity index (χ1) is 44.2. The van der Waals surface area contributed by atoms with Crippen molar-refractivity contribution in [3.8, 4) is 5.75 Å². The van der Waals surface area contributed by atoms with Gasteiger partial charge in [0, 0.05) is 31.5 Å². The van der Waals surface area contributed by atoms with E-state index in [1.165, 1.54) is 34.0 Å². The molecule has 5 aromatic rings. The molecule has 6 amide bonds. The first kappa shape index (κ1) is 74.4. The van der Waals surface area contributed by atoms with Crippen LogP contribution in [0.3, 0.4) is 0 Å². The van der Waals surface area contributed by atoms with E-state index < -0.39 is 111 Å². The van der Waals surface area contributed by atoms with Crippen LogP contribution in [0.4, 0.5) is 10.6 Å². The Morgan fingerprint density at radius 2 is 1.24 bits per heavy atom. The second-order valence-corrected chi connectivity index (χ2v) is 31.5. The fraction of sp³-hybridized carbons (Fsp3) is 0.507. The van der Waals surface area contributed by atoms with Gasteiger partial charge in [0.05, 0.1) is 43.7 Å². The summed E-state index contributed by atoms with van der Waals surface area (Å²) in [6.45, 7) is 20.2. The van der Waals surface area contributed by atoms with Gasteiger partial charge in [0.25, 0.3) is 8.32 Å². The average Bonchev–Trinajstić information content (AvgIpc) is 0.976. The van der Waals surface area contributed by atoms with Crippen LogP contribution in [0.15, 0.2) is 132 Å². The van der Waals surface area contributed by atoms with Gasteiger partial charge in [-0.15, -0.1) is 11.8 Å². The van der Waals surface area contributed by atoms with Crippen molar-refractivity contribution < 1.29 is 58.0 Å². The lowest BCUT2D eigenvalue weighted by Crippen LogP contribution is -2.67. The van der Waals surface area contributed by atoms with E-state index in [9.17, 15) is 48.9 Å². The molecule has 0 saturated carbocycles. The van der Waals surface area contributed by atoms with E-state index in [1.54, 1.807) is 74.3 Å². The Labute approximate surface area is 552 Å². The topological polar surface area (TPSA) is 310 Å². The number of hydrogen-bond acceptors (Lipinski definition) is 16. The van der Waals surface area contributed by atoms with Gasteiger partial charge in [0.1, 0.15) is 48.0 Å². The summed E-state index contributed by atoms with van der Waals surface area (Å²) in [6, 6.07) is 32.4. The van der Waals surface area contributed by atoms with Gasteiger partial charge in [-0.25, -0.2) is 9.59 Å². The van der Waals surface area contributed by atoms with E-state index in [1.807, 2.05) is 45.9 Å². The number of thioether (sulfide) groups is 1. The SMILES string of the molecule is CC(C)C[C@@H](NC(=O)[C@H](C)NC(=O)C[C@@H](O)[C@@H](CC(C)C)NC(=O)[C@@H](NC(=O)[C@H](Cc1ccc(O)cc1)NC(=O)OCc1ccccc1)C(C)C)[C@H](O)CC(=O)NCCCCNc1ccn(C2CSC(CO[Si](c3ccccc3)(c3ccccc3)C(C)(C)C)O2)c(=O)n1. The summed E-state index contributed by atoms with van der Waals surface area (Å²) in [7, 11) is -2.78. The number of alkyl carbamates (subject to hydrolysis) is 1. The van der Waals surface area contributed by atoms with Gasteiger partial charge in [0.2, 0.25) is 29.5 Å². The number of benzene rings is 4. The van der Waals surface area contributed by atoms with Gasteiger partial charge >= 0.3 is 11.8 Å². The van der Waals surface area contributed by atoms with Crippen LogP contribution in [-0.2, 0) is 50.9 Å². The number of carbonyl (C=O) groups excluding carboxylic acids is 6.